The first kappa shape index (κ1) is 9.54. The Balaban J connectivity index is 1.85. The Kier molecular flexibility index (Phi) is 2.22. The Bertz CT molecular complexity index is 520. The van der Waals surface area contributed by atoms with Crippen LogP contribution in [0.15, 0.2) is 36.0 Å². The van der Waals surface area contributed by atoms with Crippen LogP contribution in [0.5, 0.6) is 0 Å². The molecule has 0 saturated carbocycles. The van der Waals surface area contributed by atoms with E-state index in [0.717, 1.165) is 16.0 Å². The topological polar surface area (TPSA) is 33.2 Å². The zero-order valence-corrected chi connectivity index (χ0v) is 9.41. The third-order valence-corrected chi connectivity index (χ3v) is 3.49. The molecule has 2 heterocycles. The van der Waals surface area contributed by atoms with Crippen LogP contribution >= 0.6 is 11.3 Å². The summed E-state index contributed by atoms with van der Waals surface area (Å²) in [7, 11) is 0. The summed E-state index contributed by atoms with van der Waals surface area (Å²) in [6, 6.07) is 7.79. The monoisotopic (exact) mass is 230 g/mol. The van der Waals surface area contributed by atoms with Gasteiger partial charge in [0.05, 0.1) is 12.1 Å². The first-order valence-electron chi connectivity index (χ1n) is 5.09. The maximum Gasteiger partial charge on any atom is 0.254 e. The summed E-state index contributed by atoms with van der Waals surface area (Å²) in [6.07, 6.45) is 1.82. The second-order valence-corrected chi connectivity index (χ2v) is 4.76. The van der Waals surface area contributed by atoms with E-state index in [2.05, 4.69) is 4.98 Å². The summed E-state index contributed by atoms with van der Waals surface area (Å²) < 4.78 is 0. The maximum absolute atomic E-state index is 12.0. The van der Waals surface area contributed by atoms with Gasteiger partial charge in [-0.2, -0.15) is 0 Å². The SMILES string of the molecule is O=C1c2ccccc2CN1Cc1cncs1. The fraction of sp³-hybridized carbons (Fsp3) is 0.167. The number of carbonyl (C=O) groups excluding carboxylic acids is 1. The number of amides is 1. The molecule has 0 atom stereocenters. The number of rotatable bonds is 2. The van der Waals surface area contributed by atoms with Crippen LogP contribution < -0.4 is 0 Å². The third-order valence-electron chi connectivity index (χ3n) is 2.73. The fourth-order valence-corrected chi connectivity index (χ4v) is 2.56. The van der Waals surface area contributed by atoms with Gasteiger partial charge in [0, 0.05) is 23.2 Å². The molecular weight excluding hydrogens is 220 g/mol. The largest absolute Gasteiger partial charge is 0.329 e. The average molecular weight is 230 g/mol. The molecule has 0 bridgehead atoms. The molecule has 0 radical (unpaired) electrons. The molecule has 0 spiro atoms. The summed E-state index contributed by atoms with van der Waals surface area (Å²) >= 11 is 1.59. The van der Waals surface area contributed by atoms with Gasteiger partial charge in [-0.05, 0) is 11.6 Å². The Morgan fingerprint density at radius 1 is 1.38 bits per heavy atom. The van der Waals surface area contributed by atoms with Crippen molar-refractivity contribution in [2.45, 2.75) is 13.1 Å². The van der Waals surface area contributed by atoms with Crippen LogP contribution in [0.1, 0.15) is 20.8 Å². The number of hydrogen-bond donors (Lipinski definition) is 0. The number of fused-ring (bicyclic) bond motifs is 1. The molecule has 80 valence electrons. The van der Waals surface area contributed by atoms with Crippen molar-refractivity contribution in [1.82, 2.24) is 9.88 Å². The normalized spacial score (nSPS) is 14.2. The van der Waals surface area contributed by atoms with E-state index in [4.69, 9.17) is 0 Å². The highest BCUT2D eigenvalue weighted by atomic mass is 32.1. The van der Waals surface area contributed by atoms with E-state index in [1.165, 1.54) is 0 Å². The third kappa shape index (κ3) is 1.51. The van der Waals surface area contributed by atoms with Gasteiger partial charge in [-0.25, -0.2) is 0 Å². The molecule has 0 saturated heterocycles. The smallest absolute Gasteiger partial charge is 0.254 e. The zero-order chi connectivity index (χ0) is 11.0. The van der Waals surface area contributed by atoms with Crippen LogP contribution in [-0.2, 0) is 13.1 Å². The molecule has 3 nitrogen and oxygen atoms in total. The molecule has 1 amide bonds. The summed E-state index contributed by atoms with van der Waals surface area (Å²) in [5.41, 5.74) is 3.76. The van der Waals surface area contributed by atoms with Crippen molar-refractivity contribution in [2.24, 2.45) is 0 Å². The van der Waals surface area contributed by atoms with Crippen LogP contribution in [0.2, 0.25) is 0 Å². The molecule has 1 aromatic carbocycles. The molecule has 16 heavy (non-hydrogen) atoms. The highest BCUT2D eigenvalue weighted by Gasteiger charge is 2.26. The molecule has 0 N–H and O–H groups in total. The quantitative estimate of drug-likeness (QED) is 0.793. The van der Waals surface area contributed by atoms with Gasteiger partial charge in [-0.1, -0.05) is 18.2 Å². The molecule has 1 aliphatic rings. The van der Waals surface area contributed by atoms with Crippen LogP contribution in [0, 0.1) is 0 Å². The fourth-order valence-electron chi connectivity index (χ4n) is 1.95. The van der Waals surface area contributed by atoms with Crippen molar-refractivity contribution in [3.63, 3.8) is 0 Å². The zero-order valence-electron chi connectivity index (χ0n) is 8.59. The molecule has 4 heteroatoms. The second kappa shape index (κ2) is 3.72. The summed E-state index contributed by atoms with van der Waals surface area (Å²) in [4.78, 5) is 19.0. The highest BCUT2D eigenvalue weighted by Crippen LogP contribution is 2.24. The lowest BCUT2D eigenvalue weighted by molar-refractivity contribution is 0.0768. The van der Waals surface area contributed by atoms with Gasteiger partial charge in [0.15, 0.2) is 0 Å². The molecule has 3 rings (SSSR count). The molecule has 1 aliphatic heterocycles. The van der Waals surface area contributed by atoms with Gasteiger partial charge in [-0.3, -0.25) is 9.78 Å². The van der Waals surface area contributed by atoms with Crippen molar-refractivity contribution < 1.29 is 4.79 Å². The Morgan fingerprint density at radius 3 is 3.00 bits per heavy atom. The molecule has 0 fully saturated rings. The number of carbonyl (C=O) groups is 1. The average Bonchev–Trinajstić information content (AvgIpc) is 2.90. The van der Waals surface area contributed by atoms with E-state index in [1.807, 2.05) is 35.4 Å². The van der Waals surface area contributed by atoms with E-state index >= 15 is 0 Å². The van der Waals surface area contributed by atoms with E-state index in [9.17, 15) is 4.79 Å². The molecule has 1 aromatic heterocycles. The van der Waals surface area contributed by atoms with Gasteiger partial charge in [0.2, 0.25) is 0 Å². The number of aromatic nitrogens is 1. The van der Waals surface area contributed by atoms with Crippen molar-refractivity contribution in [1.29, 1.82) is 0 Å². The van der Waals surface area contributed by atoms with Crippen LogP contribution in [0.4, 0.5) is 0 Å². The van der Waals surface area contributed by atoms with Crippen molar-refractivity contribution >= 4 is 17.2 Å². The number of nitrogens with zero attached hydrogens (tertiary/aromatic N) is 2. The Hall–Kier alpha value is -1.68. The van der Waals surface area contributed by atoms with Gasteiger partial charge in [0.25, 0.3) is 5.91 Å². The molecular formula is C12H10N2OS. The van der Waals surface area contributed by atoms with Crippen LogP contribution in [-0.4, -0.2) is 15.8 Å². The second-order valence-electron chi connectivity index (χ2n) is 3.79. The number of hydrogen-bond acceptors (Lipinski definition) is 3. The maximum atomic E-state index is 12.0. The molecule has 0 aliphatic carbocycles. The van der Waals surface area contributed by atoms with Crippen molar-refractivity contribution in [3.05, 3.63) is 52.0 Å². The number of thiazole rings is 1. The Morgan fingerprint density at radius 2 is 2.25 bits per heavy atom. The lowest BCUT2D eigenvalue weighted by atomic mass is 10.1. The minimum atomic E-state index is 0.129. The minimum Gasteiger partial charge on any atom is -0.329 e. The van der Waals surface area contributed by atoms with Crippen LogP contribution in [0.3, 0.4) is 0 Å². The van der Waals surface area contributed by atoms with Gasteiger partial charge < -0.3 is 4.90 Å². The summed E-state index contributed by atoms with van der Waals surface area (Å²) in [5.74, 6) is 0.129. The molecule has 2 aromatic rings. The number of benzene rings is 1. The first-order valence-corrected chi connectivity index (χ1v) is 5.97. The van der Waals surface area contributed by atoms with Crippen LogP contribution in [0.25, 0.3) is 0 Å². The minimum absolute atomic E-state index is 0.129. The van der Waals surface area contributed by atoms with E-state index in [0.29, 0.717) is 13.1 Å². The summed E-state index contributed by atoms with van der Waals surface area (Å²) in [5, 5.41) is 0. The van der Waals surface area contributed by atoms with E-state index < -0.39 is 0 Å². The predicted molar refractivity (Wildman–Crippen MR) is 62.1 cm³/mol. The van der Waals surface area contributed by atoms with E-state index in [-0.39, 0.29) is 5.91 Å². The van der Waals surface area contributed by atoms with Gasteiger partial charge >= 0.3 is 0 Å². The van der Waals surface area contributed by atoms with Gasteiger partial charge in [-0.15, -0.1) is 11.3 Å². The summed E-state index contributed by atoms with van der Waals surface area (Å²) in [6.45, 7) is 1.38. The lowest BCUT2D eigenvalue weighted by Crippen LogP contribution is -2.22. The first-order chi connectivity index (χ1) is 7.84. The van der Waals surface area contributed by atoms with Crippen molar-refractivity contribution in [2.75, 3.05) is 0 Å². The highest BCUT2D eigenvalue weighted by molar-refractivity contribution is 7.09. The standard InChI is InChI=1S/C12H10N2OS/c15-12-11-4-2-1-3-9(11)6-14(12)7-10-5-13-8-16-10/h1-5,8H,6-7H2. The van der Waals surface area contributed by atoms with Gasteiger partial charge in [0.1, 0.15) is 0 Å². The van der Waals surface area contributed by atoms with Crippen molar-refractivity contribution in [3.8, 4) is 0 Å². The molecule has 0 unspecified atom stereocenters. The lowest BCUT2D eigenvalue weighted by Gasteiger charge is -2.13. The Labute approximate surface area is 97.4 Å². The predicted octanol–water partition coefficient (Wildman–Crippen LogP) is 2.30. The van der Waals surface area contributed by atoms with E-state index in [1.54, 1.807) is 16.8 Å².